The lowest BCUT2D eigenvalue weighted by Crippen LogP contribution is -2.29. The predicted molar refractivity (Wildman–Crippen MR) is 75.0 cm³/mol. The van der Waals surface area contributed by atoms with Crippen molar-refractivity contribution in [3.8, 4) is 0 Å². The molecule has 0 aliphatic carbocycles. The highest BCUT2D eigenvalue weighted by Crippen LogP contribution is 2.06. The van der Waals surface area contributed by atoms with Crippen molar-refractivity contribution in [1.82, 2.24) is 5.32 Å². The summed E-state index contributed by atoms with van der Waals surface area (Å²) >= 11 is 0. The Morgan fingerprint density at radius 1 is 1.15 bits per heavy atom. The number of amides is 1. The smallest absolute Gasteiger partial charge is 0.254 e. The van der Waals surface area contributed by atoms with Crippen LogP contribution in [0.3, 0.4) is 0 Å². The monoisotopic (exact) mass is 293 g/mol. The van der Waals surface area contributed by atoms with E-state index in [-0.39, 0.29) is 24.0 Å². The third-order valence-electron chi connectivity index (χ3n) is 2.71. The Morgan fingerprint density at radius 3 is 2.55 bits per heavy atom. The average molecular weight is 293 g/mol. The molecule has 2 rings (SSSR count). The van der Waals surface area contributed by atoms with Gasteiger partial charge in [-0.05, 0) is 11.6 Å². The molecular weight excluding hydrogens is 278 g/mol. The Morgan fingerprint density at radius 2 is 1.90 bits per heavy atom. The Bertz CT molecular complexity index is 648. The molecule has 6 heteroatoms. The van der Waals surface area contributed by atoms with Crippen molar-refractivity contribution in [3.05, 3.63) is 60.1 Å². The van der Waals surface area contributed by atoms with Crippen LogP contribution in [0.15, 0.2) is 53.3 Å². The summed E-state index contributed by atoms with van der Waals surface area (Å²) < 4.78 is 28.6. The van der Waals surface area contributed by atoms with Gasteiger partial charge < -0.3 is 9.73 Å². The number of hydrogen-bond donors (Lipinski definition) is 1. The Balaban J connectivity index is 1.82. The fourth-order valence-electron chi connectivity index (χ4n) is 1.72. The quantitative estimate of drug-likeness (QED) is 0.878. The predicted octanol–water partition coefficient (Wildman–Crippen LogP) is 1.62. The van der Waals surface area contributed by atoms with E-state index in [9.17, 15) is 13.2 Å². The molecule has 1 amide bonds. The van der Waals surface area contributed by atoms with Gasteiger partial charge in [-0.25, -0.2) is 8.42 Å². The highest BCUT2D eigenvalue weighted by molar-refractivity contribution is 7.90. The normalized spacial score (nSPS) is 11.2. The van der Waals surface area contributed by atoms with Crippen molar-refractivity contribution < 1.29 is 17.6 Å². The van der Waals surface area contributed by atoms with E-state index in [1.54, 1.807) is 24.3 Å². The van der Waals surface area contributed by atoms with Gasteiger partial charge in [0.1, 0.15) is 6.26 Å². The standard InChI is InChI=1S/C14H15NO4S/c16-14(13-6-8-19-10-13)15-7-9-20(17,18)11-12-4-2-1-3-5-12/h1-6,8,10H,7,9,11H2,(H,15,16). The first-order chi connectivity index (χ1) is 9.57. The van der Waals surface area contributed by atoms with Crippen LogP contribution in [0, 0.1) is 0 Å². The first kappa shape index (κ1) is 14.3. The zero-order chi connectivity index (χ0) is 14.4. The van der Waals surface area contributed by atoms with Crippen LogP contribution in [0.5, 0.6) is 0 Å². The minimum Gasteiger partial charge on any atom is -0.472 e. The maximum absolute atomic E-state index is 11.9. The summed E-state index contributed by atoms with van der Waals surface area (Å²) in [6, 6.07) is 10.5. The SMILES string of the molecule is O=C(NCCS(=O)(=O)Cc1ccccc1)c1ccoc1. The molecule has 0 spiro atoms. The minimum absolute atomic E-state index is 0.0184. The molecule has 1 aromatic heterocycles. The molecule has 5 nitrogen and oxygen atoms in total. The molecule has 1 heterocycles. The fourth-order valence-corrected chi connectivity index (χ4v) is 2.97. The van der Waals surface area contributed by atoms with Crippen LogP contribution in [0.4, 0.5) is 0 Å². The molecule has 0 radical (unpaired) electrons. The number of rotatable bonds is 6. The van der Waals surface area contributed by atoms with Gasteiger partial charge in [0, 0.05) is 6.54 Å². The van der Waals surface area contributed by atoms with Gasteiger partial charge >= 0.3 is 0 Å². The summed E-state index contributed by atoms with van der Waals surface area (Å²) in [7, 11) is -3.24. The van der Waals surface area contributed by atoms with Gasteiger partial charge in [0.05, 0.1) is 23.3 Å². The van der Waals surface area contributed by atoms with Crippen LogP contribution in [0.25, 0.3) is 0 Å². The van der Waals surface area contributed by atoms with Crippen molar-refractivity contribution in [2.24, 2.45) is 0 Å². The van der Waals surface area contributed by atoms with E-state index < -0.39 is 9.84 Å². The molecule has 0 unspecified atom stereocenters. The van der Waals surface area contributed by atoms with E-state index in [4.69, 9.17) is 4.42 Å². The van der Waals surface area contributed by atoms with Crippen LogP contribution in [-0.2, 0) is 15.6 Å². The number of sulfone groups is 1. The maximum Gasteiger partial charge on any atom is 0.254 e. The van der Waals surface area contributed by atoms with Crippen molar-refractivity contribution in [3.63, 3.8) is 0 Å². The molecular formula is C14H15NO4S. The van der Waals surface area contributed by atoms with Crippen LogP contribution >= 0.6 is 0 Å². The molecule has 0 aliphatic heterocycles. The topological polar surface area (TPSA) is 76.4 Å². The van der Waals surface area contributed by atoms with Gasteiger partial charge in [0.25, 0.3) is 5.91 Å². The number of carbonyl (C=O) groups is 1. The van der Waals surface area contributed by atoms with E-state index in [0.29, 0.717) is 5.56 Å². The van der Waals surface area contributed by atoms with Crippen LogP contribution in [0.1, 0.15) is 15.9 Å². The van der Waals surface area contributed by atoms with Crippen LogP contribution in [-0.4, -0.2) is 26.6 Å². The summed E-state index contributed by atoms with van der Waals surface area (Å²) in [6.45, 7) is 0.0825. The number of nitrogens with one attached hydrogen (secondary N) is 1. The second-order valence-corrected chi connectivity index (χ2v) is 6.53. The molecule has 2 aromatic rings. The Hall–Kier alpha value is -2.08. The number of hydrogen-bond acceptors (Lipinski definition) is 4. The first-order valence-corrected chi connectivity index (χ1v) is 7.94. The third-order valence-corrected chi connectivity index (χ3v) is 4.31. The molecule has 0 fully saturated rings. The molecule has 0 aliphatic rings. The van der Waals surface area contributed by atoms with E-state index >= 15 is 0 Å². The number of furan rings is 1. The van der Waals surface area contributed by atoms with Crippen molar-refractivity contribution >= 4 is 15.7 Å². The molecule has 1 N–H and O–H groups in total. The summed E-state index contributed by atoms with van der Waals surface area (Å²) in [6.07, 6.45) is 2.70. The molecule has 106 valence electrons. The fraction of sp³-hybridized carbons (Fsp3) is 0.214. The zero-order valence-corrected chi connectivity index (χ0v) is 11.6. The van der Waals surface area contributed by atoms with Gasteiger partial charge in [-0.1, -0.05) is 30.3 Å². The molecule has 1 aromatic carbocycles. The molecule has 0 saturated heterocycles. The second kappa shape index (κ2) is 6.38. The highest BCUT2D eigenvalue weighted by atomic mass is 32.2. The average Bonchev–Trinajstić information content (AvgIpc) is 2.93. The number of carbonyl (C=O) groups excluding carboxylic acids is 1. The van der Waals surface area contributed by atoms with E-state index in [1.807, 2.05) is 6.07 Å². The van der Waals surface area contributed by atoms with Gasteiger partial charge in [-0.15, -0.1) is 0 Å². The minimum atomic E-state index is -3.24. The largest absolute Gasteiger partial charge is 0.472 e. The summed E-state index contributed by atoms with van der Waals surface area (Å²) in [5.74, 6) is -0.449. The molecule has 0 saturated carbocycles. The van der Waals surface area contributed by atoms with E-state index in [2.05, 4.69) is 5.32 Å². The van der Waals surface area contributed by atoms with Crippen molar-refractivity contribution in [2.45, 2.75) is 5.75 Å². The van der Waals surface area contributed by atoms with E-state index in [1.165, 1.54) is 18.6 Å². The maximum atomic E-state index is 11.9. The van der Waals surface area contributed by atoms with Crippen LogP contribution in [0.2, 0.25) is 0 Å². The molecule has 20 heavy (non-hydrogen) atoms. The summed E-state index contributed by atoms with van der Waals surface area (Å²) in [5.41, 5.74) is 1.12. The van der Waals surface area contributed by atoms with Gasteiger partial charge in [-0.2, -0.15) is 0 Å². The third kappa shape index (κ3) is 4.24. The zero-order valence-electron chi connectivity index (χ0n) is 10.8. The Kier molecular flexibility index (Phi) is 4.57. The number of benzene rings is 1. The van der Waals surface area contributed by atoms with E-state index in [0.717, 1.165) is 5.56 Å². The van der Waals surface area contributed by atoms with Gasteiger partial charge in [-0.3, -0.25) is 4.79 Å². The Labute approximate surface area is 117 Å². The lowest BCUT2D eigenvalue weighted by Gasteiger charge is -2.05. The lowest BCUT2D eigenvalue weighted by atomic mass is 10.2. The summed E-state index contributed by atoms with van der Waals surface area (Å²) in [4.78, 5) is 11.6. The van der Waals surface area contributed by atoms with Crippen LogP contribution < -0.4 is 5.32 Å². The van der Waals surface area contributed by atoms with Crippen molar-refractivity contribution in [2.75, 3.05) is 12.3 Å². The molecule has 0 bridgehead atoms. The first-order valence-electron chi connectivity index (χ1n) is 6.11. The van der Waals surface area contributed by atoms with Gasteiger partial charge in [0.2, 0.25) is 0 Å². The summed E-state index contributed by atoms with van der Waals surface area (Å²) in [5, 5.41) is 2.55. The molecule has 0 atom stereocenters. The highest BCUT2D eigenvalue weighted by Gasteiger charge is 2.13. The second-order valence-electron chi connectivity index (χ2n) is 4.35. The van der Waals surface area contributed by atoms with Gasteiger partial charge in [0.15, 0.2) is 9.84 Å². The lowest BCUT2D eigenvalue weighted by molar-refractivity contribution is 0.0955. The van der Waals surface area contributed by atoms with Crippen molar-refractivity contribution in [1.29, 1.82) is 0 Å².